The minimum absolute atomic E-state index is 0.0879. The minimum atomic E-state index is -0.409. The van der Waals surface area contributed by atoms with Crippen molar-refractivity contribution in [3.63, 3.8) is 0 Å². The van der Waals surface area contributed by atoms with Gasteiger partial charge in [0.15, 0.2) is 0 Å². The maximum atomic E-state index is 12.3. The number of likely N-dealkylation sites (tertiary alicyclic amines) is 1. The van der Waals surface area contributed by atoms with Crippen LogP contribution in [0.5, 0.6) is 5.75 Å². The molecule has 23 heavy (non-hydrogen) atoms. The van der Waals surface area contributed by atoms with E-state index in [-0.39, 0.29) is 11.9 Å². The van der Waals surface area contributed by atoms with E-state index in [1.54, 1.807) is 7.11 Å². The Balaban J connectivity index is 1.75. The number of ether oxygens (including phenoxy) is 2. The Morgan fingerprint density at radius 3 is 2.65 bits per heavy atom. The molecule has 0 bridgehead atoms. The number of amides is 2. The molecule has 6 nitrogen and oxygen atoms in total. The van der Waals surface area contributed by atoms with Gasteiger partial charge in [-0.05, 0) is 37.0 Å². The molecule has 126 valence electrons. The van der Waals surface area contributed by atoms with Crippen LogP contribution in [-0.2, 0) is 16.0 Å². The minimum Gasteiger partial charge on any atom is -0.497 e. The van der Waals surface area contributed by atoms with Gasteiger partial charge in [0.1, 0.15) is 5.75 Å². The fraction of sp³-hybridized carbons (Fsp3) is 0.529. The molecule has 0 saturated carbocycles. The summed E-state index contributed by atoms with van der Waals surface area (Å²) in [7, 11) is 2.99. The van der Waals surface area contributed by atoms with Gasteiger partial charge in [-0.3, -0.25) is 4.79 Å². The van der Waals surface area contributed by atoms with E-state index in [0.29, 0.717) is 25.9 Å². The topological polar surface area (TPSA) is 67.9 Å². The van der Waals surface area contributed by atoms with E-state index in [4.69, 9.17) is 4.74 Å². The van der Waals surface area contributed by atoms with Gasteiger partial charge in [0.05, 0.1) is 14.2 Å². The number of nitrogens with one attached hydrogen (secondary N) is 1. The van der Waals surface area contributed by atoms with E-state index in [9.17, 15) is 9.59 Å². The summed E-state index contributed by atoms with van der Waals surface area (Å²) in [5, 5.41) is 2.79. The SMILES string of the molecule is COC(=O)NC1CCN(C(=O)CCc2cccc(OC)c2)CC1. The molecule has 0 unspecified atom stereocenters. The first-order valence-corrected chi connectivity index (χ1v) is 7.87. The number of hydrogen-bond acceptors (Lipinski definition) is 4. The van der Waals surface area contributed by atoms with Crippen LogP contribution in [0.4, 0.5) is 4.79 Å². The Morgan fingerprint density at radius 1 is 1.26 bits per heavy atom. The second-order valence-corrected chi connectivity index (χ2v) is 5.64. The van der Waals surface area contributed by atoms with Crippen LogP contribution in [0.25, 0.3) is 0 Å². The highest BCUT2D eigenvalue weighted by Gasteiger charge is 2.23. The van der Waals surface area contributed by atoms with E-state index in [2.05, 4.69) is 10.1 Å². The molecule has 6 heteroatoms. The van der Waals surface area contributed by atoms with Gasteiger partial charge in [-0.2, -0.15) is 0 Å². The standard InChI is InChI=1S/C17H24N2O4/c1-22-15-5-3-4-13(12-15)6-7-16(20)19-10-8-14(9-11-19)18-17(21)23-2/h3-5,12,14H,6-11H2,1-2H3,(H,18,21). The highest BCUT2D eigenvalue weighted by Crippen LogP contribution is 2.16. The van der Waals surface area contributed by atoms with Crippen molar-refractivity contribution >= 4 is 12.0 Å². The van der Waals surface area contributed by atoms with E-state index in [1.165, 1.54) is 7.11 Å². The van der Waals surface area contributed by atoms with E-state index in [0.717, 1.165) is 24.2 Å². The molecule has 2 rings (SSSR count). The van der Waals surface area contributed by atoms with Crippen molar-refractivity contribution < 1.29 is 19.1 Å². The second-order valence-electron chi connectivity index (χ2n) is 5.64. The van der Waals surface area contributed by atoms with Crippen molar-refractivity contribution in [2.24, 2.45) is 0 Å². The summed E-state index contributed by atoms with van der Waals surface area (Å²) in [5.41, 5.74) is 1.10. The first-order valence-electron chi connectivity index (χ1n) is 7.87. The number of rotatable bonds is 5. The number of aryl methyl sites for hydroxylation is 1. The lowest BCUT2D eigenvalue weighted by Crippen LogP contribution is -2.46. The monoisotopic (exact) mass is 320 g/mol. The number of alkyl carbamates (subject to hydrolysis) is 1. The molecule has 1 aromatic carbocycles. The molecule has 0 aliphatic carbocycles. The number of methoxy groups -OCH3 is 2. The predicted octanol–water partition coefficient (Wildman–Crippen LogP) is 1.97. The zero-order chi connectivity index (χ0) is 16.7. The van der Waals surface area contributed by atoms with Crippen molar-refractivity contribution in [2.75, 3.05) is 27.3 Å². The summed E-state index contributed by atoms with van der Waals surface area (Å²) in [4.78, 5) is 25.3. The Kier molecular flexibility index (Phi) is 6.26. The third-order valence-electron chi connectivity index (χ3n) is 4.12. The van der Waals surface area contributed by atoms with Gasteiger partial charge in [0, 0.05) is 25.6 Å². The van der Waals surface area contributed by atoms with Crippen molar-refractivity contribution in [3.05, 3.63) is 29.8 Å². The Labute approximate surface area is 136 Å². The van der Waals surface area contributed by atoms with Gasteiger partial charge in [0.2, 0.25) is 5.91 Å². The van der Waals surface area contributed by atoms with Crippen LogP contribution in [-0.4, -0.2) is 50.3 Å². The van der Waals surface area contributed by atoms with E-state index >= 15 is 0 Å². The third kappa shape index (κ3) is 5.16. The molecule has 0 atom stereocenters. The highest BCUT2D eigenvalue weighted by molar-refractivity contribution is 5.76. The predicted molar refractivity (Wildman–Crippen MR) is 86.5 cm³/mol. The van der Waals surface area contributed by atoms with Gasteiger partial charge in [-0.25, -0.2) is 4.79 Å². The number of hydrogen-bond donors (Lipinski definition) is 1. The van der Waals surface area contributed by atoms with Gasteiger partial charge >= 0.3 is 6.09 Å². The van der Waals surface area contributed by atoms with Crippen molar-refractivity contribution in [1.29, 1.82) is 0 Å². The van der Waals surface area contributed by atoms with E-state index in [1.807, 2.05) is 29.2 Å². The van der Waals surface area contributed by atoms with Crippen LogP contribution in [0.3, 0.4) is 0 Å². The maximum Gasteiger partial charge on any atom is 0.407 e. The van der Waals surface area contributed by atoms with Crippen LogP contribution in [0.15, 0.2) is 24.3 Å². The maximum absolute atomic E-state index is 12.3. The summed E-state index contributed by atoms with van der Waals surface area (Å²) >= 11 is 0. The summed E-state index contributed by atoms with van der Waals surface area (Å²) in [5.74, 6) is 0.967. The molecule has 1 N–H and O–H groups in total. The first-order chi connectivity index (χ1) is 11.1. The summed E-state index contributed by atoms with van der Waals surface area (Å²) < 4.78 is 9.78. The molecule has 1 fully saturated rings. The number of benzene rings is 1. The molecule has 0 radical (unpaired) electrons. The lowest BCUT2D eigenvalue weighted by Gasteiger charge is -2.32. The third-order valence-corrected chi connectivity index (χ3v) is 4.12. The molecular weight excluding hydrogens is 296 g/mol. The van der Waals surface area contributed by atoms with Crippen LogP contribution in [0, 0.1) is 0 Å². The van der Waals surface area contributed by atoms with Gasteiger partial charge in [-0.15, -0.1) is 0 Å². The Bertz CT molecular complexity index is 539. The van der Waals surface area contributed by atoms with Crippen LogP contribution >= 0.6 is 0 Å². The number of carbonyl (C=O) groups excluding carboxylic acids is 2. The van der Waals surface area contributed by atoms with Crippen LogP contribution in [0.2, 0.25) is 0 Å². The van der Waals surface area contributed by atoms with E-state index < -0.39 is 6.09 Å². The van der Waals surface area contributed by atoms with Crippen LogP contribution < -0.4 is 10.1 Å². The first kappa shape index (κ1) is 17.1. The summed E-state index contributed by atoms with van der Waals surface area (Å²) in [6.45, 7) is 1.34. The molecule has 1 heterocycles. The lowest BCUT2D eigenvalue weighted by atomic mass is 10.0. The molecule has 0 spiro atoms. The van der Waals surface area contributed by atoms with Gasteiger partial charge in [-0.1, -0.05) is 12.1 Å². The fourth-order valence-electron chi connectivity index (χ4n) is 2.74. The van der Waals surface area contributed by atoms with Crippen molar-refractivity contribution in [1.82, 2.24) is 10.2 Å². The van der Waals surface area contributed by atoms with Gasteiger partial charge in [0.25, 0.3) is 0 Å². The van der Waals surface area contributed by atoms with Gasteiger partial charge < -0.3 is 19.7 Å². The fourth-order valence-corrected chi connectivity index (χ4v) is 2.74. The smallest absolute Gasteiger partial charge is 0.407 e. The zero-order valence-corrected chi connectivity index (χ0v) is 13.7. The van der Waals surface area contributed by atoms with Crippen LogP contribution in [0.1, 0.15) is 24.8 Å². The zero-order valence-electron chi connectivity index (χ0n) is 13.7. The molecular formula is C17H24N2O4. The Hall–Kier alpha value is -2.24. The summed E-state index contributed by atoms with van der Waals surface area (Å²) in [6, 6.07) is 7.87. The molecule has 1 saturated heterocycles. The number of carbonyl (C=O) groups is 2. The average molecular weight is 320 g/mol. The largest absolute Gasteiger partial charge is 0.497 e. The van der Waals surface area contributed by atoms with Crippen molar-refractivity contribution in [2.45, 2.75) is 31.7 Å². The van der Waals surface area contributed by atoms with Crippen molar-refractivity contribution in [3.8, 4) is 5.75 Å². The second kappa shape index (κ2) is 8.41. The molecule has 1 aliphatic heterocycles. The Morgan fingerprint density at radius 2 is 2.00 bits per heavy atom. The lowest BCUT2D eigenvalue weighted by molar-refractivity contribution is -0.132. The quantitative estimate of drug-likeness (QED) is 0.901. The summed E-state index contributed by atoms with van der Waals surface area (Å²) in [6.07, 6.45) is 2.31. The highest BCUT2D eigenvalue weighted by atomic mass is 16.5. The molecule has 0 aromatic heterocycles. The number of nitrogens with zero attached hydrogens (tertiary/aromatic N) is 1. The average Bonchev–Trinajstić information content (AvgIpc) is 2.60. The number of piperidine rings is 1. The molecule has 1 aromatic rings. The molecule has 2 amide bonds. The molecule has 1 aliphatic rings. The normalized spacial score (nSPS) is 15.1.